The number of hydrogen-bond donors (Lipinski definition) is 1. The van der Waals surface area contributed by atoms with Gasteiger partial charge in [-0.2, -0.15) is 0 Å². The molecule has 3 amide bonds. The third-order valence-corrected chi connectivity index (χ3v) is 10.6. The molecule has 7 nitrogen and oxygen atoms in total. The largest absolute Gasteiger partial charge is 0.396 e. The molecule has 3 fully saturated rings. The number of thioether (sulfide) groups is 1. The number of fused-ring (bicyclic) bond motifs is 1. The average molecular weight is 554 g/mol. The maximum Gasteiger partial charge on any atom is 0.247 e. The van der Waals surface area contributed by atoms with Gasteiger partial charge < -0.3 is 19.8 Å². The lowest BCUT2D eigenvalue weighted by Crippen LogP contribution is -2.55. The van der Waals surface area contributed by atoms with Crippen molar-refractivity contribution in [3.05, 3.63) is 61.2 Å². The number of nitrogens with zero attached hydrogens (tertiary/aromatic N) is 3. The van der Waals surface area contributed by atoms with Crippen molar-refractivity contribution in [1.29, 1.82) is 0 Å². The molecule has 0 saturated carbocycles. The highest BCUT2D eigenvalue weighted by Gasteiger charge is 2.77. The van der Waals surface area contributed by atoms with Gasteiger partial charge in [0.2, 0.25) is 17.7 Å². The summed E-state index contributed by atoms with van der Waals surface area (Å²) in [7, 11) is 0. The summed E-state index contributed by atoms with van der Waals surface area (Å²) in [5.74, 6) is -1.32. The van der Waals surface area contributed by atoms with Crippen molar-refractivity contribution >= 4 is 29.5 Å². The Hall–Kier alpha value is -2.58. The minimum Gasteiger partial charge on any atom is -0.396 e. The highest BCUT2D eigenvalue weighted by molar-refractivity contribution is 8.02. The smallest absolute Gasteiger partial charge is 0.247 e. The number of likely N-dealkylation sites (tertiary alicyclic amines) is 1. The molecule has 1 N–H and O–H groups in total. The van der Waals surface area contributed by atoms with E-state index in [-0.39, 0.29) is 24.3 Å². The Kier molecular flexibility index (Phi) is 9.27. The molecule has 0 radical (unpaired) electrons. The van der Waals surface area contributed by atoms with Gasteiger partial charge in [0.25, 0.3) is 0 Å². The Bertz CT molecular complexity index is 1080. The summed E-state index contributed by atoms with van der Waals surface area (Å²) in [6.45, 7) is 14.0. The molecule has 1 aromatic carbocycles. The number of hydrogen-bond acceptors (Lipinski definition) is 5. The van der Waals surface area contributed by atoms with Crippen molar-refractivity contribution in [3.63, 3.8) is 0 Å². The van der Waals surface area contributed by atoms with Crippen LogP contribution in [0.15, 0.2) is 55.6 Å². The predicted molar refractivity (Wildman–Crippen MR) is 156 cm³/mol. The van der Waals surface area contributed by atoms with Gasteiger partial charge in [0.1, 0.15) is 6.04 Å². The van der Waals surface area contributed by atoms with Crippen LogP contribution >= 0.6 is 11.8 Å². The summed E-state index contributed by atoms with van der Waals surface area (Å²) in [6, 6.07) is 9.21. The van der Waals surface area contributed by atoms with Crippen LogP contribution in [0.2, 0.25) is 0 Å². The monoisotopic (exact) mass is 553 g/mol. The predicted octanol–water partition coefficient (Wildman–Crippen LogP) is 3.88. The topological polar surface area (TPSA) is 81.2 Å². The van der Waals surface area contributed by atoms with Crippen LogP contribution < -0.4 is 0 Å². The summed E-state index contributed by atoms with van der Waals surface area (Å²) in [6.07, 6.45) is 7.19. The van der Waals surface area contributed by atoms with Crippen LogP contribution in [0.1, 0.15) is 51.5 Å². The number of unbranched alkanes of at least 4 members (excludes halogenated alkanes) is 1. The molecule has 3 saturated heterocycles. The maximum atomic E-state index is 14.3. The fourth-order valence-electron chi connectivity index (χ4n) is 6.92. The third kappa shape index (κ3) is 5.30. The van der Waals surface area contributed by atoms with Gasteiger partial charge in [-0.3, -0.25) is 14.4 Å². The second-order valence-corrected chi connectivity index (χ2v) is 13.2. The number of amides is 3. The first-order valence-electron chi connectivity index (χ1n) is 14.2. The van der Waals surface area contributed by atoms with E-state index in [1.807, 2.05) is 35.2 Å². The fourth-order valence-corrected chi connectivity index (χ4v) is 9.26. The van der Waals surface area contributed by atoms with Crippen molar-refractivity contribution in [2.24, 2.45) is 11.8 Å². The second-order valence-electron chi connectivity index (χ2n) is 11.3. The number of benzene rings is 1. The quantitative estimate of drug-likeness (QED) is 0.354. The van der Waals surface area contributed by atoms with Crippen LogP contribution in [0.4, 0.5) is 0 Å². The van der Waals surface area contributed by atoms with Gasteiger partial charge >= 0.3 is 0 Å². The molecule has 2 bridgehead atoms. The standard InChI is InChI=1S/C31H43N3O4S/c1-5-8-19-32(17-6-2)29(38)26-31-16-15-30(4,39-31)24(25(31)28(37)34(26)20-12-21-35)27(36)33(18-7-3)22-23-13-10-9-11-14-23/h6-7,9-11,13-14,24-26,35H,2-3,5,8,12,15-22H2,1,4H3/t24-,25+,26?,30+,31?/m1/s1. The molecule has 1 aromatic rings. The van der Waals surface area contributed by atoms with Crippen LogP contribution in [0.25, 0.3) is 0 Å². The molecule has 8 heteroatoms. The Morgan fingerprint density at radius 2 is 1.79 bits per heavy atom. The lowest BCUT2D eigenvalue weighted by Gasteiger charge is -2.38. The Labute approximate surface area is 237 Å². The zero-order chi connectivity index (χ0) is 28.2. The summed E-state index contributed by atoms with van der Waals surface area (Å²) < 4.78 is -1.08. The van der Waals surface area contributed by atoms with Gasteiger partial charge in [0.05, 0.1) is 16.6 Å². The number of carbonyl (C=O) groups excluding carboxylic acids is 3. The molecule has 1 spiro atoms. The number of rotatable bonds is 14. The van der Waals surface area contributed by atoms with Crippen LogP contribution in [0, 0.1) is 11.8 Å². The van der Waals surface area contributed by atoms with Crippen LogP contribution in [0.3, 0.4) is 0 Å². The molecule has 212 valence electrons. The molecule has 5 atom stereocenters. The first kappa shape index (κ1) is 29.4. The van der Waals surface area contributed by atoms with E-state index in [1.165, 1.54) is 0 Å². The SMILES string of the molecule is C=CCN(CCCC)C(=O)C1N(CCCO)C(=O)[C@@H]2[C@H](C(=O)N(CC=C)Cc3ccccc3)[C@]3(C)CCC12S3. The van der Waals surface area contributed by atoms with Gasteiger partial charge in [-0.15, -0.1) is 24.9 Å². The summed E-state index contributed by atoms with van der Waals surface area (Å²) in [5, 5.41) is 9.61. The fraction of sp³-hybridized carbons (Fsp3) is 0.581. The highest BCUT2D eigenvalue weighted by atomic mass is 32.2. The van der Waals surface area contributed by atoms with E-state index >= 15 is 0 Å². The molecule has 4 rings (SSSR count). The average Bonchev–Trinajstić information content (AvgIpc) is 3.50. The van der Waals surface area contributed by atoms with E-state index in [2.05, 4.69) is 27.0 Å². The second kappa shape index (κ2) is 12.3. The van der Waals surface area contributed by atoms with Crippen molar-refractivity contribution < 1.29 is 19.5 Å². The van der Waals surface area contributed by atoms with Gasteiger partial charge in [0, 0.05) is 44.1 Å². The van der Waals surface area contributed by atoms with E-state index in [4.69, 9.17) is 0 Å². The number of aliphatic hydroxyl groups excluding tert-OH is 1. The summed E-state index contributed by atoms with van der Waals surface area (Å²) in [4.78, 5) is 48.1. The molecular formula is C31H43N3O4S. The first-order chi connectivity index (χ1) is 18.8. The van der Waals surface area contributed by atoms with E-state index in [0.29, 0.717) is 39.1 Å². The van der Waals surface area contributed by atoms with E-state index < -0.39 is 27.4 Å². The van der Waals surface area contributed by atoms with Gasteiger partial charge in [-0.1, -0.05) is 55.8 Å². The molecule has 3 aliphatic heterocycles. The minimum atomic E-state index is -0.656. The Balaban J connectivity index is 1.72. The van der Waals surface area contributed by atoms with Crippen LogP contribution in [-0.4, -0.2) is 85.8 Å². The Morgan fingerprint density at radius 3 is 2.44 bits per heavy atom. The van der Waals surface area contributed by atoms with Crippen LogP contribution in [-0.2, 0) is 20.9 Å². The van der Waals surface area contributed by atoms with Gasteiger partial charge in [-0.25, -0.2) is 0 Å². The van der Waals surface area contributed by atoms with E-state index in [9.17, 15) is 19.5 Å². The molecule has 3 heterocycles. The van der Waals surface area contributed by atoms with E-state index in [1.54, 1.807) is 33.7 Å². The first-order valence-corrected chi connectivity index (χ1v) is 15.0. The zero-order valence-corrected chi connectivity index (χ0v) is 24.2. The molecule has 39 heavy (non-hydrogen) atoms. The Morgan fingerprint density at radius 1 is 1.10 bits per heavy atom. The maximum absolute atomic E-state index is 14.3. The minimum absolute atomic E-state index is 0.0437. The third-order valence-electron chi connectivity index (χ3n) is 8.65. The lowest BCUT2D eigenvalue weighted by atomic mass is 9.66. The summed E-state index contributed by atoms with van der Waals surface area (Å²) >= 11 is 1.70. The molecule has 3 aliphatic rings. The van der Waals surface area contributed by atoms with Crippen molar-refractivity contribution in [3.8, 4) is 0 Å². The lowest BCUT2D eigenvalue weighted by molar-refractivity contribution is -0.146. The van der Waals surface area contributed by atoms with Crippen molar-refractivity contribution in [2.45, 2.75) is 68.0 Å². The van der Waals surface area contributed by atoms with Crippen molar-refractivity contribution in [2.75, 3.05) is 32.8 Å². The normalized spacial score (nSPS) is 28.8. The zero-order valence-electron chi connectivity index (χ0n) is 23.4. The summed E-state index contributed by atoms with van der Waals surface area (Å²) in [5.41, 5.74) is 1.02. The van der Waals surface area contributed by atoms with Crippen molar-refractivity contribution in [1.82, 2.24) is 14.7 Å². The number of aliphatic hydroxyl groups is 1. The van der Waals surface area contributed by atoms with Gasteiger partial charge in [0.15, 0.2) is 0 Å². The number of carbonyl (C=O) groups is 3. The molecule has 0 aliphatic carbocycles. The van der Waals surface area contributed by atoms with E-state index in [0.717, 1.165) is 31.2 Å². The molecular weight excluding hydrogens is 510 g/mol. The highest BCUT2D eigenvalue weighted by Crippen LogP contribution is 2.71. The van der Waals surface area contributed by atoms with Gasteiger partial charge in [-0.05, 0) is 38.2 Å². The van der Waals surface area contributed by atoms with Crippen LogP contribution in [0.5, 0.6) is 0 Å². The molecule has 0 aromatic heterocycles. The molecule has 2 unspecified atom stereocenters.